The second-order valence-corrected chi connectivity index (χ2v) is 6.39. The van der Waals surface area contributed by atoms with Gasteiger partial charge in [0.05, 0.1) is 11.1 Å². The zero-order valence-electron chi connectivity index (χ0n) is 12.8. The van der Waals surface area contributed by atoms with Crippen molar-refractivity contribution in [1.82, 2.24) is 4.90 Å². The highest BCUT2D eigenvalue weighted by molar-refractivity contribution is 9.10. The Bertz CT molecular complexity index is 784. The van der Waals surface area contributed by atoms with Gasteiger partial charge in [0.1, 0.15) is 0 Å². The van der Waals surface area contributed by atoms with Crippen molar-refractivity contribution in [1.29, 1.82) is 0 Å². The number of carbonyl (C=O) groups is 3. The minimum Gasteiger partial charge on any atom is -0.326 e. The van der Waals surface area contributed by atoms with E-state index in [0.717, 1.165) is 4.47 Å². The molecule has 6 heteroatoms. The van der Waals surface area contributed by atoms with Crippen LogP contribution in [0.25, 0.3) is 0 Å². The Labute approximate surface area is 147 Å². The molecule has 0 unspecified atom stereocenters. The molecule has 1 aliphatic rings. The van der Waals surface area contributed by atoms with E-state index in [1.165, 1.54) is 4.90 Å². The van der Waals surface area contributed by atoms with Crippen LogP contribution in [0.15, 0.2) is 53.0 Å². The lowest BCUT2D eigenvalue weighted by atomic mass is 10.1. The molecule has 0 bridgehead atoms. The van der Waals surface area contributed by atoms with Crippen molar-refractivity contribution in [3.63, 3.8) is 0 Å². The standard InChI is InChI=1S/C18H15BrN2O3/c19-12-5-3-6-13(11-12)20-16(22)9-4-10-21-17(23)14-7-1-2-8-15(14)18(21)24/h1-3,5-8,11H,4,9-10H2,(H,20,22). The molecule has 0 fully saturated rings. The first kappa shape index (κ1) is 16.4. The molecule has 1 heterocycles. The summed E-state index contributed by atoms with van der Waals surface area (Å²) in [5.41, 5.74) is 1.57. The van der Waals surface area contributed by atoms with Gasteiger partial charge in [0.2, 0.25) is 5.91 Å². The van der Waals surface area contributed by atoms with Crippen LogP contribution in [-0.4, -0.2) is 29.2 Å². The van der Waals surface area contributed by atoms with Gasteiger partial charge in [-0.15, -0.1) is 0 Å². The summed E-state index contributed by atoms with van der Waals surface area (Å²) in [4.78, 5) is 37.6. The maximum Gasteiger partial charge on any atom is 0.261 e. The summed E-state index contributed by atoms with van der Waals surface area (Å²) < 4.78 is 0.881. The highest BCUT2D eigenvalue weighted by Crippen LogP contribution is 2.22. The molecule has 1 N–H and O–H groups in total. The van der Waals surface area contributed by atoms with Gasteiger partial charge in [-0.25, -0.2) is 0 Å². The summed E-state index contributed by atoms with van der Waals surface area (Å²) in [5.74, 6) is -0.726. The lowest BCUT2D eigenvalue weighted by Crippen LogP contribution is -2.31. The van der Waals surface area contributed by atoms with Gasteiger partial charge in [0.25, 0.3) is 11.8 Å². The molecule has 3 amide bonds. The first-order valence-electron chi connectivity index (χ1n) is 7.57. The summed E-state index contributed by atoms with van der Waals surface area (Å²) in [6.07, 6.45) is 0.658. The SMILES string of the molecule is O=C(CCCN1C(=O)c2ccccc2C1=O)Nc1cccc(Br)c1. The van der Waals surface area contributed by atoms with Crippen LogP contribution in [0.4, 0.5) is 5.69 Å². The Hall–Kier alpha value is -2.47. The average Bonchev–Trinajstić information content (AvgIpc) is 2.80. The van der Waals surface area contributed by atoms with E-state index in [-0.39, 0.29) is 30.7 Å². The largest absolute Gasteiger partial charge is 0.326 e. The van der Waals surface area contributed by atoms with E-state index in [1.807, 2.05) is 18.2 Å². The minimum atomic E-state index is -0.289. The average molecular weight is 387 g/mol. The van der Waals surface area contributed by atoms with Crippen LogP contribution in [-0.2, 0) is 4.79 Å². The quantitative estimate of drug-likeness (QED) is 0.800. The van der Waals surface area contributed by atoms with Crippen molar-refractivity contribution in [2.75, 3.05) is 11.9 Å². The number of amides is 3. The number of halogens is 1. The fourth-order valence-electron chi connectivity index (χ4n) is 2.63. The van der Waals surface area contributed by atoms with E-state index < -0.39 is 0 Å². The topological polar surface area (TPSA) is 66.5 Å². The highest BCUT2D eigenvalue weighted by Gasteiger charge is 2.34. The van der Waals surface area contributed by atoms with Crippen molar-refractivity contribution in [3.8, 4) is 0 Å². The lowest BCUT2D eigenvalue weighted by molar-refractivity contribution is -0.116. The molecule has 0 saturated carbocycles. The molecular weight excluding hydrogens is 372 g/mol. The molecule has 0 radical (unpaired) electrons. The predicted octanol–water partition coefficient (Wildman–Crippen LogP) is 3.46. The third-order valence-corrected chi connectivity index (χ3v) is 4.27. The predicted molar refractivity (Wildman–Crippen MR) is 93.8 cm³/mol. The molecule has 24 heavy (non-hydrogen) atoms. The van der Waals surface area contributed by atoms with Gasteiger partial charge in [-0.1, -0.05) is 34.1 Å². The van der Waals surface area contributed by atoms with Crippen LogP contribution < -0.4 is 5.32 Å². The first-order chi connectivity index (χ1) is 11.6. The van der Waals surface area contributed by atoms with E-state index in [1.54, 1.807) is 30.3 Å². The fraction of sp³-hybridized carbons (Fsp3) is 0.167. The van der Waals surface area contributed by atoms with Gasteiger partial charge in [-0.05, 0) is 36.8 Å². The molecule has 3 rings (SSSR count). The zero-order valence-corrected chi connectivity index (χ0v) is 14.4. The highest BCUT2D eigenvalue weighted by atomic mass is 79.9. The van der Waals surface area contributed by atoms with E-state index in [2.05, 4.69) is 21.2 Å². The normalized spacial score (nSPS) is 13.1. The van der Waals surface area contributed by atoms with E-state index in [0.29, 0.717) is 23.2 Å². The number of nitrogens with one attached hydrogen (secondary N) is 1. The van der Waals surface area contributed by atoms with Crippen LogP contribution in [0.1, 0.15) is 33.6 Å². The van der Waals surface area contributed by atoms with Crippen molar-refractivity contribution in [2.24, 2.45) is 0 Å². The smallest absolute Gasteiger partial charge is 0.261 e. The minimum absolute atomic E-state index is 0.148. The van der Waals surface area contributed by atoms with E-state index >= 15 is 0 Å². The summed E-state index contributed by atoms with van der Waals surface area (Å²) in [5, 5.41) is 2.79. The van der Waals surface area contributed by atoms with Crippen LogP contribution in [0.2, 0.25) is 0 Å². The molecule has 0 aromatic heterocycles. The molecule has 122 valence electrons. The Morgan fingerprint density at radius 1 is 1.00 bits per heavy atom. The second kappa shape index (κ2) is 6.97. The Morgan fingerprint density at radius 3 is 2.29 bits per heavy atom. The molecule has 2 aromatic rings. The molecule has 0 spiro atoms. The molecule has 2 aromatic carbocycles. The third kappa shape index (κ3) is 3.38. The number of hydrogen-bond acceptors (Lipinski definition) is 3. The van der Waals surface area contributed by atoms with Gasteiger partial charge >= 0.3 is 0 Å². The van der Waals surface area contributed by atoms with Crippen molar-refractivity contribution >= 4 is 39.3 Å². The summed E-state index contributed by atoms with van der Waals surface area (Å²) in [6.45, 7) is 0.234. The first-order valence-corrected chi connectivity index (χ1v) is 8.36. The van der Waals surface area contributed by atoms with Crippen molar-refractivity contribution in [3.05, 3.63) is 64.1 Å². The van der Waals surface area contributed by atoms with Gasteiger partial charge in [0, 0.05) is 23.1 Å². The number of anilines is 1. The molecule has 0 aliphatic carbocycles. The maximum atomic E-state index is 12.2. The van der Waals surface area contributed by atoms with E-state index in [9.17, 15) is 14.4 Å². The molecular formula is C18H15BrN2O3. The molecule has 5 nitrogen and oxygen atoms in total. The molecule has 0 atom stereocenters. The van der Waals surface area contributed by atoms with Crippen molar-refractivity contribution < 1.29 is 14.4 Å². The van der Waals surface area contributed by atoms with Gasteiger partial charge in [-0.2, -0.15) is 0 Å². The number of benzene rings is 2. The summed E-state index contributed by atoms with van der Waals surface area (Å²) >= 11 is 3.34. The maximum absolute atomic E-state index is 12.2. The number of fused-ring (bicyclic) bond motifs is 1. The Morgan fingerprint density at radius 2 is 1.67 bits per heavy atom. The number of nitrogens with zero attached hydrogens (tertiary/aromatic N) is 1. The second-order valence-electron chi connectivity index (χ2n) is 5.47. The monoisotopic (exact) mass is 386 g/mol. The fourth-order valence-corrected chi connectivity index (χ4v) is 3.03. The number of carbonyl (C=O) groups excluding carboxylic acids is 3. The Kier molecular flexibility index (Phi) is 4.76. The lowest BCUT2D eigenvalue weighted by Gasteiger charge is -2.13. The van der Waals surface area contributed by atoms with Crippen LogP contribution in [0.5, 0.6) is 0 Å². The van der Waals surface area contributed by atoms with E-state index in [4.69, 9.17) is 0 Å². The van der Waals surface area contributed by atoms with Gasteiger partial charge in [-0.3, -0.25) is 19.3 Å². The molecule has 1 aliphatic heterocycles. The summed E-state index contributed by atoms with van der Waals surface area (Å²) in [7, 11) is 0. The van der Waals surface area contributed by atoms with Crippen LogP contribution >= 0.6 is 15.9 Å². The summed E-state index contributed by atoms with van der Waals surface area (Å²) in [6, 6.07) is 14.1. The van der Waals surface area contributed by atoms with Crippen LogP contribution in [0.3, 0.4) is 0 Å². The Balaban J connectivity index is 1.53. The van der Waals surface area contributed by atoms with Gasteiger partial charge < -0.3 is 5.32 Å². The van der Waals surface area contributed by atoms with Gasteiger partial charge in [0.15, 0.2) is 0 Å². The number of hydrogen-bond donors (Lipinski definition) is 1. The zero-order chi connectivity index (χ0) is 17.1. The van der Waals surface area contributed by atoms with Crippen molar-refractivity contribution in [2.45, 2.75) is 12.8 Å². The number of imide groups is 1. The molecule has 0 saturated heterocycles. The number of rotatable bonds is 5. The van der Waals surface area contributed by atoms with Crippen LogP contribution in [0, 0.1) is 0 Å². The third-order valence-electron chi connectivity index (χ3n) is 3.77.